The molecular weight excluding hydrogens is 340 g/mol. The summed E-state index contributed by atoms with van der Waals surface area (Å²) in [5.74, 6) is 0.608. The van der Waals surface area contributed by atoms with Crippen LogP contribution in [0.1, 0.15) is 24.2 Å². The summed E-state index contributed by atoms with van der Waals surface area (Å²) in [6.07, 6.45) is -0.0130. The van der Waals surface area contributed by atoms with Crippen molar-refractivity contribution in [2.24, 2.45) is 0 Å². The van der Waals surface area contributed by atoms with Gasteiger partial charge < -0.3 is 29.2 Å². The molecule has 1 aromatic carbocycles. The van der Waals surface area contributed by atoms with Crippen molar-refractivity contribution in [3.63, 3.8) is 0 Å². The molecule has 144 valence electrons. The van der Waals surface area contributed by atoms with Gasteiger partial charge in [-0.3, -0.25) is 9.59 Å². The van der Waals surface area contributed by atoms with Crippen LogP contribution in [0.3, 0.4) is 0 Å². The molecular formula is C18H26N2O6. The average molecular weight is 366 g/mol. The molecule has 0 aliphatic carbocycles. The van der Waals surface area contributed by atoms with Gasteiger partial charge in [-0.2, -0.15) is 0 Å². The Hall–Kier alpha value is -2.48. The van der Waals surface area contributed by atoms with E-state index in [0.717, 1.165) is 0 Å². The highest BCUT2D eigenvalue weighted by Crippen LogP contribution is 2.38. The van der Waals surface area contributed by atoms with Gasteiger partial charge in [0.15, 0.2) is 11.5 Å². The molecule has 1 aliphatic rings. The van der Waals surface area contributed by atoms with Gasteiger partial charge in [0.05, 0.1) is 46.6 Å². The summed E-state index contributed by atoms with van der Waals surface area (Å²) < 4.78 is 21.2. The minimum Gasteiger partial charge on any atom is -0.493 e. The maximum atomic E-state index is 12.5. The molecule has 2 atom stereocenters. The van der Waals surface area contributed by atoms with Gasteiger partial charge in [-0.05, 0) is 26.0 Å². The Morgan fingerprint density at radius 3 is 2.31 bits per heavy atom. The van der Waals surface area contributed by atoms with Crippen LogP contribution in [0.15, 0.2) is 12.1 Å². The topological polar surface area (TPSA) is 86.3 Å². The lowest BCUT2D eigenvalue weighted by atomic mass is 10.1. The number of amides is 2. The molecule has 2 amide bonds. The van der Waals surface area contributed by atoms with Crippen LogP contribution in [0.5, 0.6) is 17.2 Å². The zero-order valence-electron chi connectivity index (χ0n) is 15.8. The van der Waals surface area contributed by atoms with Crippen LogP contribution < -0.4 is 19.5 Å². The molecule has 26 heavy (non-hydrogen) atoms. The lowest BCUT2D eigenvalue weighted by molar-refractivity contribution is -0.142. The molecule has 0 aromatic heterocycles. The number of nitrogens with one attached hydrogen (secondary N) is 1. The van der Waals surface area contributed by atoms with Crippen molar-refractivity contribution in [3.05, 3.63) is 17.7 Å². The zero-order chi connectivity index (χ0) is 19.3. The molecule has 0 spiro atoms. The smallest absolute Gasteiger partial charge is 0.251 e. The predicted octanol–water partition coefficient (Wildman–Crippen LogP) is 1.08. The first-order valence-corrected chi connectivity index (χ1v) is 8.40. The predicted molar refractivity (Wildman–Crippen MR) is 95.0 cm³/mol. The van der Waals surface area contributed by atoms with Crippen molar-refractivity contribution >= 4 is 11.8 Å². The Balaban J connectivity index is 2.06. The van der Waals surface area contributed by atoms with Gasteiger partial charge in [0, 0.05) is 12.1 Å². The third kappa shape index (κ3) is 4.37. The van der Waals surface area contributed by atoms with Crippen LogP contribution in [0.25, 0.3) is 0 Å². The highest BCUT2D eigenvalue weighted by Gasteiger charge is 2.27. The van der Waals surface area contributed by atoms with Crippen LogP contribution in [0.4, 0.5) is 0 Å². The number of nitrogens with zero attached hydrogens (tertiary/aromatic N) is 1. The molecule has 2 rings (SSSR count). The van der Waals surface area contributed by atoms with E-state index < -0.39 is 5.91 Å². The SMILES string of the molecule is COc1cc(C(=O)NCC(=O)N2CC(C)OCC2C)cc(OC)c1OC. The van der Waals surface area contributed by atoms with E-state index in [4.69, 9.17) is 18.9 Å². The number of rotatable bonds is 6. The highest BCUT2D eigenvalue weighted by atomic mass is 16.5. The molecule has 0 bridgehead atoms. The summed E-state index contributed by atoms with van der Waals surface area (Å²) >= 11 is 0. The molecule has 2 unspecified atom stereocenters. The number of ether oxygens (including phenoxy) is 4. The van der Waals surface area contributed by atoms with Gasteiger partial charge in [0.25, 0.3) is 5.91 Å². The van der Waals surface area contributed by atoms with Gasteiger partial charge in [-0.25, -0.2) is 0 Å². The van der Waals surface area contributed by atoms with Gasteiger partial charge in [0.2, 0.25) is 11.7 Å². The van der Waals surface area contributed by atoms with E-state index in [1.807, 2.05) is 13.8 Å². The molecule has 1 aliphatic heterocycles. The number of methoxy groups -OCH3 is 3. The van der Waals surface area contributed by atoms with Gasteiger partial charge in [0.1, 0.15) is 0 Å². The van der Waals surface area contributed by atoms with Crippen molar-refractivity contribution < 1.29 is 28.5 Å². The number of morpholine rings is 1. The minimum absolute atomic E-state index is 0.0130. The maximum Gasteiger partial charge on any atom is 0.251 e. The van der Waals surface area contributed by atoms with Crippen LogP contribution in [0.2, 0.25) is 0 Å². The van der Waals surface area contributed by atoms with E-state index in [9.17, 15) is 9.59 Å². The number of carbonyl (C=O) groups is 2. The Labute approximate surface area is 153 Å². The molecule has 0 radical (unpaired) electrons. The monoisotopic (exact) mass is 366 g/mol. The number of benzene rings is 1. The molecule has 1 heterocycles. The van der Waals surface area contributed by atoms with E-state index in [1.165, 1.54) is 21.3 Å². The average Bonchev–Trinajstić information content (AvgIpc) is 2.66. The summed E-state index contributed by atoms with van der Waals surface area (Å²) in [5, 5.41) is 2.65. The third-order valence-electron chi connectivity index (χ3n) is 4.26. The maximum absolute atomic E-state index is 12.5. The fraction of sp³-hybridized carbons (Fsp3) is 0.556. The van der Waals surface area contributed by atoms with Crippen LogP contribution in [0, 0.1) is 0 Å². The molecule has 1 N–H and O–H groups in total. The van der Waals surface area contributed by atoms with Crippen LogP contribution >= 0.6 is 0 Å². The second kappa shape index (κ2) is 8.75. The third-order valence-corrected chi connectivity index (χ3v) is 4.26. The molecule has 1 saturated heterocycles. The number of hydrogen-bond donors (Lipinski definition) is 1. The van der Waals surface area contributed by atoms with E-state index in [2.05, 4.69) is 5.32 Å². The van der Waals surface area contributed by atoms with Crippen molar-refractivity contribution in [2.75, 3.05) is 41.0 Å². The Kier molecular flexibility index (Phi) is 6.68. The van der Waals surface area contributed by atoms with Crippen molar-refractivity contribution in [2.45, 2.75) is 26.0 Å². The fourth-order valence-corrected chi connectivity index (χ4v) is 2.82. The Morgan fingerprint density at radius 2 is 1.77 bits per heavy atom. The van der Waals surface area contributed by atoms with Gasteiger partial charge in [-0.15, -0.1) is 0 Å². The number of carbonyl (C=O) groups excluding carboxylic acids is 2. The quantitative estimate of drug-likeness (QED) is 0.811. The first-order valence-electron chi connectivity index (χ1n) is 8.40. The number of hydrogen-bond acceptors (Lipinski definition) is 6. The van der Waals surface area contributed by atoms with Crippen molar-refractivity contribution in [3.8, 4) is 17.2 Å². The minimum atomic E-state index is -0.397. The standard InChI is InChI=1S/C18H26N2O6/c1-11-10-26-12(2)9-20(11)16(21)8-19-18(22)13-6-14(23-3)17(25-5)15(7-13)24-4/h6-7,11-12H,8-10H2,1-5H3,(H,19,22). The van der Waals surface area contributed by atoms with Crippen LogP contribution in [-0.2, 0) is 9.53 Å². The van der Waals surface area contributed by atoms with Crippen LogP contribution in [-0.4, -0.2) is 69.9 Å². The van der Waals surface area contributed by atoms with E-state index >= 15 is 0 Å². The fourth-order valence-electron chi connectivity index (χ4n) is 2.82. The lowest BCUT2D eigenvalue weighted by Crippen LogP contribution is -2.52. The highest BCUT2D eigenvalue weighted by molar-refractivity contribution is 5.97. The second-order valence-corrected chi connectivity index (χ2v) is 6.14. The van der Waals surface area contributed by atoms with Gasteiger partial charge >= 0.3 is 0 Å². The summed E-state index contributed by atoms with van der Waals surface area (Å²) in [7, 11) is 4.44. The summed E-state index contributed by atoms with van der Waals surface area (Å²) in [6.45, 7) is 4.76. The van der Waals surface area contributed by atoms with E-state index in [-0.39, 0.29) is 24.6 Å². The van der Waals surface area contributed by atoms with Gasteiger partial charge in [-0.1, -0.05) is 0 Å². The molecule has 8 nitrogen and oxygen atoms in total. The second-order valence-electron chi connectivity index (χ2n) is 6.14. The molecule has 8 heteroatoms. The first kappa shape index (κ1) is 19.8. The summed E-state index contributed by atoms with van der Waals surface area (Å²) in [4.78, 5) is 26.6. The lowest BCUT2D eigenvalue weighted by Gasteiger charge is -2.36. The van der Waals surface area contributed by atoms with E-state index in [1.54, 1.807) is 17.0 Å². The van der Waals surface area contributed by atoms with E-state index in [0.29, 0.717) is 36.0 Å². The summed E-state index contributed by atoms with van der Waals surface area (Å²) in [6, 6.07) is 3.07. The Bertz CT molecular complexity index is 638. The Morgan fingerprint density at radius 1 is 1.15 bits per heavy atom. The largest absolute Gasteiger partial charge is 0.493 e. The first-order chi connectivity index (χ1) is 12.4. The van der Waals surface area contributed by atoms with Crippen molar-refractivity contribution in [1.82, 2.24) is 10.2 Å². The summed E-state index contributed by atoms with van der Waals surface area (Å²) in [5.41, 5.74) is 0.315. The molecule has 0 saturated carbocycles. The normalized spacial score (nSPS) is 19.7. The molecule has 1 fully saturated rings. The molecule has 1 aromatic rings. The zero-order valence-corrected chi connectivity index (χ0v) is 15.8. The van der Waals surface area contributed by atoms with Crippen molar-refractivity contribution in [1.29, 1.82) is 0 Å².